The van der Waals surface area contributed by atoms with E-state index in [-0.39, 0.29) is 0 Å². The van der Waals surface area contributed by atoms with Gasteiger partial charge in [0.15, 0.2) is 18.9 Å². The molecule has 0 aromatic carbocycles. The molecule has 176 valence electrons. The fourth-order valence-corrected chi connectivity index (χ4v) is 3.55. The molecule has 0 bridgehead atoms. The maximum Gasteiger partial charge on any atom is 0.187 e. The molecule has 0 spiro atoms. The number of ether oxygens (including phenoxy) is 5. The zero-order valence-corrected chi connectivity index (χ0v) is 15.7. The molecular formula is C16H28O14. The molecule has 30 heavy (non-hydrogen) atoms. The summed E-state index contributed by atoms with van der Waals surface area (Å²) >= 11 is 0. The highest BCUT2D eigenvalue weighted by atomic mass is 16.7. The zero-order chi connectivity index (χ0) is 22.2. The van der Waals surface area contributed by atoms with Crippen molar-refractivity contribution in [2.75, 3.05) is 19.8 Å². The van der Waals surface area contributed by atoms with E-state index in [1.54, 1.807) is 0 Å². The minimum Gasteiger partial charge on any atom is -0.394 e. The van der Waals surface area contributed by atoms with E-state index < -0.39 is 99.7 Å². The van der Waals surface area contributed by atoms with Gasteiger partial charge in [0.05, 0.1) is 19.8 Å². The van der Waals surface area contributed by atoms with E-state index in [1.807, 2.05) is 0 Å². The molecule has 0 aromatic rings. The van der Waals surface area contributed by atoms with Crippen LogP contribution in [0.4, 0.5) is 0 Å². The molecular weight excluding hydrogens is 416 g/mol. The highest BCUT2D eigenvalue weighted by Crippen LogP contribution is 2.30. The van der Waals surface area contributed by atoms with Crippen LogP contribution in [0.3, 0.4) is 0 Å². The van der Waals surface area contributed by atoms with Crippen LogP contribution in [0, 0.1) is 0 Å². The summed E-state index contributed by atoms with van der Waals surface area (Å²) in [7, 11) is 0. The van der Waals surface area contributed by atoms with E-state index in [0.29, 0.717) is 0 Å². The van der Waals surface area contributed by atoms with Gasteiger partial charge in [-0.25, -0.2) is 0 Å². The minimum absolute atomic E-state index is 0.404. The van der Waals surface area contributed by atoms with Gasteiger partial charge in [-0.05, 0) is 0 Å². The predicted molar refractivity (Wildman–Crippen MR) is 89.2 cm³/mol. The summed E-state index contributed by atoms with van der Waals surface area (Å²) in [6.45, 7) is -1.64. The van der Waals surface area contributed by atoms with Gasteiger partial charge in [0, 0.05) is 0 Å². The van der Waals surface area contributed by atoms with Gasteiger partial charge in [-0.2, -0.15) is 0 Å². The van der Waals surface area contributed by atoms with Crippen LogP contribution in [0.25, 0.3) is 0 Å². The van der Waals surface area contributed by atoms with Gasteiger partial charge in [0.1, 0.15) is 61.0 Å². The van der Waals surface area contributed by atoms with E-state index in [1.165, 1.54) is 0 Å². The lowest BCUT2D eigenvalue weighted by molar-refractivity contribution is -0.321. The number of hydrogen-bond donors (Lipinski definition) is 9. The average molecular weight is 444 g/mol. The van der Waals surface area contributed by atoms with Crippen molar-refractivity contribution in [3.8, 4) is 0 Å². The first-order chi connectivity index (χ1) is 14.2. The molecule has 3 saturated heterocycles. The molecule has 0 amide bonds. The lowest BCUT2D eigenvalue weighted by atomic mass is 9.99. The summed E-state index contributed by atoms with van der Waals surface area (Å²) in [5.41, 5.74) is 0. The molecule has 0 radical (unpaired) electrons. The number of aliphatic hydroxyl groups is 9. The molecule has 3 aliphatic heterocycles. The Morgan fingerprint density at radius 3 is 1.73 bits per heavy atom. The Labute approximate surface area is 170 Å². The van der Waals surface area contributed by atoms with Crippen molar-refractivity contribution in [3.63, 3.8) is 0 Å². The van der Waals surface area contributed by atoms with Crippen LogP contribution in [0.5, 0.6) is 0 Å². The van der Waals surface area contributed by atoms with Gasteiger partial charge in [0.2, 0.25) is 0 Å². The van der Waals surface area contributed by atoms with Crippen LogP contribution < -0.4 is 0 Å². The first-order valence-electron chi connectivity index (χ1n) is 9.41. The minimum atomic E-state index is -1.76. The third-order valence-corrected chi connectivity index (χ3v) is 5.37. The topological polar surface area (TPSA) is 228 Å². The monoisotopic (exact) mass is 444 g/mol. The Kier molecular flexibility index (Phi) is 7.97. The van der Waals surface area contributed by atoms with Gasteiger partial charge in [-0.15, -0.1) is 0 Å². The second-order valence-corrected chi connectivity index (χ2v) is 7.39. The van der Waals surface area contributed by atoms with Gasteiger partial charge >= 0.3 is 0 Å². The zero-order valence-electron chi connectivity index (χ0n) is 15.7. The maximum atomic E-state index is 10.2. The van der Waals surface area contributed by atoms with E-state index in [2.05, 4.69) is 0 Å². The van der Waals surface area contributed by atoms with Crippen LogP contribution in [0.2, 0.25) is 0 Å². The van der Waals surface area contributed by atoms with Crippen molar-refractivity contribution in [3.05, 3.63) is 0 Å². The van der Waals surface area contributed by atoms with Gasteiger partial charge in [-0.3, -0.25) is 0 Å². The summed E-state index contributed by atoms with van der Waals surface area (Å²) in [4.78, 5) is 0. The van der Waals surface area contributed by atoms with Crippen molar-refractivity contribution in [1.29, 1.82) is 0 Å². The van der Waals surface area contributed by atoms with Crippen molar-refractivity contribution >= 4 is 0 Å². The van der Waals surface area contributed by atoms with E-state index in [4.69, 9.17) is 28.8 Å². The number of aliphatic hydroxyl groups excluding tert-OH is 9. The van der Waals surface area contributed by atoms with Crippen LogP contribution in [-0.4, -0.2) is 146 Å². The average Bonchev–Trinajstić information content (AvgIpc) is 3.16. The first-order valence-corrected chi connectivity index (χ1v) is 9.41. The van der Waals surface area contributed by atoms with Gasteiger partial charge < -0.3 is 69.6 Å². The Morgan fingerprint density at radius 1 is 0.567 bits per heavy atom. The normalized spacial score (nSPS) is 52.1. The van der Waals surface area contributed by atoms with E-state index in [9.17, 15) is 40.9 Å². The molecule has 1 unspecified atom stereocenters. The van der Waals surface area contributed by atoms with Crippen LogP contribution >= 0.6 is 0 Å². The summed E-state index contributed by atoms with van der Waals surface area (Å²) in [5.74, 6) is 0. The number of rotatable bonds is 7. The molecule has 3 aliphatic rings. The van der Waals surface area contributed by atoms with Crippen LogP contribution in [0.1, 0.15) is 0 Å². The molecule has 3 fully saturated rings. The fourth-order valence-electron chi connectivity index (χ4n) is 3.55. The standard InChI is InChI=1S/C16H28O14/c17-1-4-7(19)11(23)15(28-4)26-3-6-8(20)12(24)16(29-6)30-13-5(2-18)27-14(25)10(22)9(13)21/h4-25H,1-3H2/t4-,5+,6-,7-,8-,9+,10+,11+,12+,13+,14?,15+,16-/m0/s1. The van der Waals surface area contributed by atoms with Crippen molar-refractivity contribution in [2.45, 2.75) is 79.9 Å². The highest BCUT2D eigenvalue weighted by molar-refractivity contribution is 4.93. The number of hydrogen-bond acceptors (Lipinski definition) is 14. The lowest BCUT2D eigenvalue weighted by Crippen LogP contribution is -2.60. The maximum absolute atomic E-state index is 10.2. The van der Waals surface area contributed by atoms with Gasteiger partial charge in [0.25, 0.3) is 0 Å². The molecule has 3 rings (SSSR count). The van der Waals surface area contributed by atoms with Crippen molar-refractivity contribution < 1.29 is 69.6 Å². The Bertz CT molecular complexity index is 550. The molecule has 3 heterocycles. The highest BCUT2D eigenvalue weighted by Gasteiger charge is 2.51. The molecule has 9 N–H and O–H groups in total. The van der Waals surface area contributed by atoms with Crippen LogP contribution in [0.15, 0.2) is 0 Å². The second kappa shape index (κ2) is 9.93. The SMILES string of the molecule is OC[C@@H]1O[C@@H](OC[C@@H]2O[C@@H](O[C@H]3[C@H](O)[C@@H](O)C(O)O[C@@H]3CO)[C@H](O)[C@H]2O)[C@H](O)[C@H]1O. The Morgan fingerprint density at radius 2 is 1.13 bits per heavy atom. The summed E-state index contributed by atoms with van der Waals surface area (Å²) < 4.78 is 26.1. The van der Waals surface area contributed by atoms with Crippen molar-refractivity contribution in [1.82, 2.24) is 0 Å². The summed E-state index contributed by atoms with van der Waals surface area (Å²) in [6, 6.07) is 0. The molecule has 0 saturated carbocycles. The lowest BCUT2D eigenvalue weighted by Gasteiger charge is -2.41. The molecule has 0 aromatic heterocycles. The molecule has 14 heteroatoms. The molecule has 14 nitrogen and oxygen atoms in total. The Hall–Kier alpha value is -0.560. The predicted octanol–water partition coefficient (Wildman–Crippen LogP) is -6.29. The summed E-state index contributed by atoms with van der Waals surface area (Å²) in [5, 5.41) is 87.7. The van der Waals surface area contributed by atoms with Crippen molar-refractivity contribution in [2.24, 2.45) is 0 Å². The van der Waals surface area contributed by atoms with E-state index in [0.717, 1.165) is 0 Å². The third kappa shape index (κ3) is 4.62. The molecule has 0 aliphatic carbocycles. The second-order valence-electron chi connectivity index (χ2n) is 7.39. The fraction of sp³-hybridized carbons (Fsp3) is 1.00. The first kappa shape index (κ1) is 24.1. The van der Waals surface area contributed by atoms with Gasteiger partial charge in [-0.1, -0.05) is 0 Å². The van der Waals surface area contributed by atoms with Crippen LogP contribution in [-0.2, 0) is 23.7 Å². The van der Waals surface area contributed by atoms with E-state index >= 15 is 0 Å². The Balaban J connectivity index is 1.57. The largest absolute Gasteiger partial charge is 0.394 e. The smallest absolute Gasteiger partial charge is 0.187 e. The molecule has 13 atom stereocenters. The third-order valence-electron chi connectivity index (χ3n) is 5.37. The summed E-state index contributed by atoms with van der Waals surface area (Å²) in [6.07, 6.45) is -18.8. The quantitative estimate of drug-likeness (QED) is 0.178.